The minimum atomic E-state index is -3.47. The van der Waals surface area contributed by atoms with Crippen LogP contribution in [-0.4, -0.2) is 46.2 Å². The number of hydrogen-bond donors (Lipinski definition) is 2. The predicted molar refractivity (Wildman–Crippen MR) is 80.2 cm³/mol. The normalized spacial score (nSPS) is 20.1. The van der Waals surface area contributed by atoms with E-state index in [1.54, 1.807) is 6.07 Å². The van der Waals surface area contributed by atoms with Gasteiger partial charge in [0.15, 0.2) is 0 Å². The molecule has 3 rings (SSSR count). The molecule has 1 atom stereocenters. The fourth-order valence-electron chi connectivity index (χ4n) is 2.72. The lowest BCUT2D eigenvalue weighted by Crippen LogP contribution is -2.40. The van der Waals surface area contributed by atoms with Crippen molar-refractivity contribution in [3.63, 3.8) is 0 Å². The predicted octanol–water partition coefficient (Wildman–Crippen LogP) is 0.425. The average molecular weight is 322 g/mol. The smallest absolute Gasteiger partial charge is 0.246 e. The van der Waals surface area contributed by atoms with Crippen LogP contribution in [0.3, 0.4) is 0 Å². The number of rotatable bonds is 4. The van der Waals surface area contributed by atoms with Gasteiger partial charge in [-0.3, -0.25) is 5.10 Å². The van der Waals surface area contributed by atoms with Crippen molar-refractivity contribution < 1.29 is 8.42 Å². The molecule has 2 aromatic rings. The summed E-state index contributed by atoms with van der Waals surface area (Å²) in [6.45, 7) is 1.02. The van der Waals surface area contributed by atoms with Crippen LogP contribution in [-0.2, 0) is 16.4 Å². The van der Waals surface area contributed by atoms with E-state index in [4.69, 9.17) is 5.73 Å². The molecule has 22 heavy (non-hydrogen) atoms. The zero-order valence-electron chi connectivity index (χ0n) is 12.0. The summed E-state index contributed by atoms with van der Waals surface area (Å²) in [6, 6.07) is 3.55. The van der Waals surface area contributed by atoms with Crippen molar-refractivity contribution in [2.24, 2.45) is 5.92 Å². The minimum Gasteiger partial charge on any atom is -0.382 e. The molecule has 0 amide bonds. The number of H-pyrrole nitrogens is 1. The van der Waals surface area contributed by atoms with E-state index in [9.17, 15) is 8.42 Å². The van der Waals surface area contributed by atoms with Crippen LogP contribution in [0.2, 0.25) is 0 Å². The third kappa shape index (κ3) is 3.09. The molecule has 8 nitrogen and oxygen atoms in total. The van der Waals surface area contributed by atoms with Gasteiger partial charge in [0, 0.05) is 19.3 Å². The lowest BCUT2D eigenvalue weighted by molar-refractivity contribution is 0.264. The fourth-order valence-corrected chi connectivity index (χ4v) is 4.18. The standard InChI is InChI=1S/C13H18N6O2S/c14-13-4-3-11(17-18-13)6-10-2-1-5-19(9-10)22(20,21)12-7-15-16-8-12/h3-4,7-8,10H,1-2,5-6,9H2,(H2,14,18)(H,15,16)/t10-/m0/s1. The van der Waals surface area contributed by atoms with Gasteiger partial charge in [-0.2, -0.15) is 14.5 Å². The van der Waals surface area contributed by atoms with Crippen LogP contribution in [0.5, 0.6) is 0 Å². The van der Waals surface area contributed by atoms with Crippen LogP contribution in [0.25, 0.3) is 0 Å². The highest BCUT2D eigenvalue weighted by Gasteiger charge is 2.31. The van der Waals surface area contributed by atoms with Crippen molar-refractivity contribution >= 4 is 15.8 Å². The highest BCUT2D eigenvalue weighted by molar-refractivity contribution is 7.89. The molecule has 0 aromatic carbocycles. The fraction of sp³-hybridized carbons (Fsp3) is 0.462. The summed E-state index contributed by atoms with van der Waals surface area (Å²) in [5.41, 5.74) is 6.36. The molecular weight excluding hydrogens is 304 g/mol. The Kier molecular flexibility index (Phi) is 4.08. The molecule has 0 aliphatic carbocycles. The second kappa shape index (κ2) is 6.01. The first kappa shape index (κ1) is 14.9. The summed E-state index contributed by atoms with van der Waals surface area (Å²) < 4.78 is 26.5. The van der Waals surface area contributed by atoms with Crippen molar-refractivity contribution in [1.29, 1.82) is 0 Å². The molecule has 1 saturated heterocycles. The molecule has 1 aliphatic heterocycles. The van der Waals surface area contributed by atoms with Gasteiger partial charge in [0.25, 0.3) is 0 Å². The summed E-state index contributed by atoms with van der Waals surface area (Å²) in [5.74, 6) is 0.616. The first-order valence-corrected chi connectivity index (χ1v) is 8.57. The highest BCUT2D eigenvalue weighted by Crippen LogP contribution is 2.25. The van der Waals surface area contributed by atoms with E-state index >= 15 is 0 Å². The summed E-state index contributed by atoms with van der Waals surface area (Å²) in [7, 11) is -3.47. The van der Waals surface area contributed by atoms with Crippen molar-refractivity contribution in [2.45, 2.75) is 24.2 Å². The second-order valence-electron chi connectivity index (χ2n) is 5.46. The molecular formula is C13H18N6O2S. The van der Waals surface area contributed by atoms with Crippen LogP contribution in [0.15, 0.2) is 29.4 Å². The Morgan fingerprint density at radius 1 is 1.36 bits per heavy atom. The topological polar surface area (TPSA) is 118 Å². The third-order valence-electron chi connectivity index (χ3n) is 3.83. The molecule has 0 unspecified atom stereocenters. The zero-order chi connectivity index (χ0) is 15.6. The van der Waals surface area contributed by atoms with Gasteiger partial charge in [-0.1, -0.05) is 0 Å². The minimum absolute atomic E-state index is 0.209. The maximum atomic E-state index is 12.5. The van der Waals surface area contributed by atoms with Gasteiger partial charge in [0.05, 0.1) is 11.9 Å². The number of anilines is 1. The Labute approximate surface area is 128 Å². The molecule has 0 spiro atoms. The van der Waals surface area contributed by atoms with E-state index in [2.05, 4.69) is 20.4 Å². The Balaban J connectivity index is 1.70. The third-order valence-corrected chi connectivity index (χ3v) is 5.66. The van der Waals surface area contributed by atoms with Gasteiger partial charge in [0.2, 0.25) is 10.0 Å². The molecule has 3 N–H and O–H groups in total. The maximum Gasteiger partial charge on any atom is 0.246 e. The average Bonchev–Trinajstić information content (AvgIpc) is 3.05. The van der Waals surface area contributed by atoms with Crippen LogP contribution < -0.4 is 5.73 Å². The number of aromatic nitrogens is 4. The number of aromatic amines is 1. The molecule has 1 aliphatic rings. The second-order valence-corrected chi connectivity index (χ2v) is 7.40. The Morgan fingerprint density at radius 2 is 2.23 bits per heavy atom. The zero-order valence-corrected chi connectivity index (χ0v) is 12.8. The monoisotopic (exact) mass is 322 g/mol. The van der Waals surface area contributed by atoms with E-state index in [-0.39, 0.29) is 10.8 Å². The Hall–Kier alpha value is -2.00. The number of hydrogen-bond acceptors (Lipinski definition) is 6. The van der Waals surface area contributed by atoms with Crippen LogP contribution in [0.1, 0.15) is 18.5 Å². The van der Waals surface area contributed by atoms with Gasteiger partial charge in [-0.15, -0.1) is 5.10 Å². The highest BCUT2D eigenvalue weighted by atomic mass is 32.2. The largest absolute Gasteiger partial charge is 0.382 e. The first-order chi connectivity index (χ1) is 10.6. The van der Waals surface area contributed by atoms with Crippen molar-refractivity contribution in [3.8, 4) is 0 Å². The van der Waals surface area contributed by atoms with Gasteiger partial charge < -0.3 is 5.73 Å². The van der Waals surface area contributed by atoms with E-state index in [0.29, 0.717) is 25.3 Å². The quantitative estimate of drug-likeness (QED) is 0.842. The number of nitrogens with zero attached hydrogens (tertiary/aromatic N) is 4. The summed E-state index contributed by atoms with van der Waals surface area (Å²) in [6.07, 6.45) is 5.26. The lowest BCUT2D eigenvalue weighted by Gasteiger charge is -2.31. The van der Waals surface area contributed by atoms with Gasteiger partial charge in [-0.25, -0.2) is 8.42 Å². The maximum absolute atomic E-state index is 12.5. The van der Waals surface area contributed by atoms with Crippen molar-refractivity contribution in [1.82, 2.24) is 24.7 Å². The molecule has 0 saturated carbocycles. The SMILES string of the molecule is Nc1ccc(C[C@@H]2CCCN(S(=O)(=O)c3cn[nH]c3)C2)nn1. The van der Waals surface area contributed by atoms with Gasteiger partial charge >= 0.3 is 0 Å². The van der Waals surface area contributed by atoms with Crippen molar-refractivity contribution in [2.75, 3.05) is 18.8 Å². The number of nitrogens with one attached hydrogen (secondary N) is 1. The van der Waals surface area contributed by atoms with Gasteiger partial charge in [-0.05, 0) is 37.3 Å². The van der Waals surface area contributed by atoms with E-state index < -0.39 is 10.0 Å². The van der Waals surface area contributed by atoms with Crippen LogP contribution in [0.4, 0.5) is 5.82 Å². The molecule has 9 heteroatoms. The molecule has 0 radical (unpaired) electrons. The lowest BCUT2D eigenvalue weighted by atomic mass is 9.94. The van der Waals surface area contributed by atoms with Crippen molar-refractivity contribution in [3.05, 3.63) is 30.2 Å². The summed E-state index contributed by atoms with van der Waals surface area (Å²) >= 11 is 0. The van der Waals surface area contributed by atoms with Crippen LogP contribution in [0, 0.1) is 5.92 Å². The van der Waals surface area contributed by atoms with Crippen LogP contribution >= 0.6 is 0 Å². The van der Waals surface area contributed by atoms with E-state index in [0.717, 1.165) is 18.5 Å². The van der Waals surface area contributed by atoms with E-state index in [1.165, 1.54) is 16.7 Å². The Morgan fingerprint density at radius 3 is 2.91 bits per heavy atom. The summed E-state index contributed by atoms with van der Waals surface area (Å²) in [5, 5.41) is 14.2. The molecule has 1 fully saturated rings. The molecule has 3 heterocycles. The number of piperidine rings is 1. The molecule has 2 aromatic heterocycles. The number of nitrogens with two attached hydrogens (primary N) is 1. The molecule has 0 bridgehead atoms. The van der Waals surface area contributed by atoms with Gasteiger partial charge in [0.1, 0.15) is 10.7 Å². The first-order valence-electron chi connectivity index (χ1n) is 7.13. The molecule has 118 valence electrons. The Bertz CT molecular complexity index is 713. The summed E-state index contributed by atoms with van der Waals surface area (Å²) in [4.78, 5) is 0.209. The van der Waals surface area contributed by atoms with E-state index in [1.807, 2.05) is 6.07 Å². The number of sulfonamides is 1. The number of nitrogen functional groups attached to an aromatic ring is 1.